The van der Waals surface area contributed by atoms with Crippen LogP contribution in [0, 0.1) is 5.82 Å². The fraction of sp³-hybridized carbons (Fsp3) is 0.333. The summed E-state index contributed by atoms with van der Waals surface area (Å²) in [4.78, 5) is 3.74. The molecule has 0 bridgehead atoms. The van der Waals surface area contributed by atoms with Crippen molar-refractivity contribution in [1.29, 1.82) is 0 Å². The van der Waals surface area contributed by atoms with Crippen LogP contribution in [-0.2, 0) is 12.0 Å². The van der Waals surface area contributed by atoms with Gasteiger partial charge in [-0.1, -0.05) is 12.1 Å². The van der Waals surface area contributed by atoms with Gasteiger partial charge in [0, 0.05) is 6.42 Å². The topological polar surface area (TPSA) is 30.7 Å². The Morgan fingerprint density at radius 1 is 1.22 bits per heavy atom. The molecule has 94 valence electrons. The van der Waals surface area contributed by atoms with Gasteiger partial charge in [-0.3, -0.25) is 4.68 Å². The van der Waals surface area contributed by atoms with Crippen LogP contribution >= 0.6 is 0 Å². The van der Waals surface area contributed by atoms with Crippen molar-refractivity contribution in [1.82, 2.24) is 14.8 Å². The number of benzene rings is 1. The molecule has 3 rings (SSSR count). The minimum Gasteiger partial charge on any atom is -0.252 e. The maximum absolute atomic E-state index is 13.7. The SMILES string of the molecule is Fc1ccc(C2(Cn3cncn3)CC2(F)F)cc1. The van der Waals surface area contributed by atoms with E-state index in [1.807, 2.05) is 0 Å². The molecule has 1 aliphatic carbocycles. The molecule has 1 aromatic carbocycles. The van der Waals surface area contributed by atoms with Gasteiger partial charge in [0.25, 0.3) is 5.92 Å². The van der Waals surface area contributed by atoms with E-state index in [4.69, 9.17) is 0 Å². The zero-order valence-electron chi connectivity index (χ0n) is 9.35. The molecule has 1 fully saturated rings. The highest BCUT2D eigenvalue weighted by molar-refractivity contribution is 5.37. The van der Waals surface area contributed by atoms with E-state index in [1.165, 1.54) is 41.6 Å². The van der Waals surface area contributed by atoms with Crippen molar-refractivity contribution < 1.29 is 13.2 Å². The fourth-order valence-corrected chi connectivity index (χ4v) is 2.27. The van der Waals surface area contributed by atoms with Gasteiger partial charge >= 0.3 is 0 Å². The largest absolute Gasteiger partial charge is 0.260 e. The number of hydrogen-bond acceptors (Lipinski definition) is 2. The molecule has 0 aliphatic heterocycles. The minimum absolute atomic E-state index is 0.0473. The van der Waals surface area contributed by atoms with Crippen LogP contribution in [0.5, 0.6) is 0 Å². The molecule has 0 spiro atoms. The monoisotopic (exact) mass is 253 g/mol. The zero-order valence-corrected chi connectivity index (χ0v) is 9.35. The molecule has 2 aromatic rings. The Kier molecular flexibility index (Phi) is 2.23. The van der Waals surface area contributed by atoms with E-state index in [9.17, 15) is 13.2 Å². The smallest absolute Gasteiger partial charge is 0.252 e. The Morgan fingerprint density at radius 3 is 2.39 bits per heavy atom. The standard InChI is InChI=1S/C12H10F3N3/c13-10-3-1-9(2-4-10)11(5-12(11,14)15)6-18-8-16-7-17-18/h1-4,7-8H,5-6H2. The van der Waals surface area contributed by atoms with Gasteiger partial charge in [-0.2, -0.15) is 5.10 Å². The number of hydrogen-bond donors (Lipinski definition) is 0. The van der Waals surface area contributed by atoms with E-state index in [2.05, 4.69) is 10.1 Å². The van der Waals surface area contributed by atoms with Crippen LogP contribution in [0.1, 0.15) is 12.0 Å². The summed E-state index contributed by atoms with van der Waals surface area (Å²) in [6.07, 6.45) is 2.46. The quantitative estimate of drug-likeness (QED) is 0.840. The van der Waals surface area contributed by atoms with E-state index in [-0.39, 0.29) is 13.0 Å². The van der Waals surface area contributed by atoms with E-state index in [0.29, 0.717) is 5.56 Å². The first-order chi connectivity index (χ1) is 8.53. The summed E-state index contributed by atoms with van der Waals surface area (Å²) in [5.74, 6) is -3.21. The van der Waals surface area contributed by atoms with E-state index in [1.54, 1.807) is 0 Å². The second kappa shape index (κ2) is 3.57. The number of alkyl halides is 2. The van der Waals surface area contributed by atoms with Gasteiger partial charge in [0.15, 0.2) is 0 Å². The number of halogens is 3. The van der Waals surface area contributed by atoms with Gasteiger partial charge < -0.3 is 0 Å². The van der Waals surface area contributed by atoms with Gasteiger partial charge in [-0.15, -0.1) is 0 Å². The van der Waals surface area contributed by atoms with E-state index in [0.717, 1.165) is 0 Å². The summed E-state index contributed by atoms with van der Waals surface area (Å²) < 4.78 is 41.6. The van der Waals surface area contributed by atoms with Crippen molar-refractivity contribution in [2.45, 2.75) is 24.3 Å². The van der Waals surface area contributed by atoms with Gasteiger partial charge in [-0.05, 0) is 17.7 Å². The highest BCUT2D eigenvalue weighted by Gasteiger charge is 2.72. The molecule has 1 aromatic heterocycles. The van der Waals surface area contributed by atoms with Crippen LogP contribution in [0.3, 0.4) is 0 Å². The molecule has 0 amide bonds. The maximum Gasteiger partial charge on any atom is 0.260 e. The van der Waals surface area contributed by atoms with Crippen LogP contribution in [-0.4, -0.2) is 20.7 Å². The highest BCUT2D eigenvalue weighted by atomic mass is 19.3. The van der Waals surface area contributed by atoms with Gasteiger partial charge in [-0.25, -0.2) is 18.2 Å². The summed E-state index contributed by atoms with van der Waals surface area (Å²) in [5.41, 5.74) is -0.849. The third-order valence-corrected chi connectivity index (χ3v) is 3.39. The van der Waals surface area contributed by atoms with E-state index >= 15 is 0 Å². The number of nitrogens with zero attached hydrogens (tertiary/aromatic N) is 3. The number of rotatable bonds is 3. The first-order valence-electron chi connectivity index (χ1n) is 5.50. The van der Waals surface area contributed by atoms with E-state index < -0.39 is 17.2 Å². The molecular formula is C12H10F3N3. The van der Waals surface area contributed by atoms with Crippen LogP contribution in [0.25, 0.3) is 0 Å². The van der Waals surface area contributed by atoms with Crippen LogP contribution in [0.15, 0.2) is 36.9 Å². The average Bonchev–Trinajstić information content (AvgIpc) is 2.70. The molecule has 1 atom stereocenters. The predicted octanol–water partition coefficient (Wildman–Crippen LogP) is 2.39. The molecule has 1 saturated carbocycles. The van der Waals surface area contributed by atoms with Gasteiger partial charge in [0.1, 0.15) is 18.5 Å². The lowest BCUT2D eigenvalue weighted by Gasteiger charge is -2.16. The number of aromatic nitrogens is 3. The van der Waals surface area contributed by atoms with Crippen molar-refractivity contribution in [2.24, 2.45) is 0 Å². The van der Waals surface area contributed by atoms with Crippen molar-refractivity contribution in [3.05, 3.63) is 48.3 Å². The van der Waals surface area contributed by atoms with Gasteiger partial charge in [0.05, 0.1) is 12.0 Å². The van der Waals surface area contributed by atoms with Crippen molar-refractivity contribution in [2.75, 3.05) is 0 Å². The first kappa shape index (κ1) is 11.3. The highest BCUT2D eigenvalue weighted by Crippen LogP contribution is 2.62. The molecular weight excluding hydrogens is 243 g/mol. The lowest BCUT2D eigenvalue weighted by molar-refractivity contribution is 0.0816. The first-order valence-corrected chi connectivity index (χ1v) is 5.50. The Balaban J connectivity index is 1.96. The minimum atomic E-state index is -2.78. The summed E-state index contributed by atoms with van der Waals surface area (Å²) in [6.45, 7) is 0.0473. The predicted molar refractivity (Wildman–Crippen MR) is 57.7 cm³/mol. The molecule has 18 heavy (non-hydrogen) atoms. The lowest BCUT2D eigenvalue weighted by Crippen LogP contribution is -2.23. The molecule has 1 aliphatic rings. The Morgan fingerprint density at radius 2 is 1.89 bits per heavy atom. The Bertz CT molecular complexity index is 550. The normalized spacial score (nSPS) is 25.1. The van der Waals surface area contributed by atoms with Crippen molar-refractivity contribution >= 4 is 0 Å². The Hall–Kier alpha value is -1.85. The summed E-state index contributed by atoms with van der Waals surface area (Å²) in [7, 11) is 0. The van der Waals surface area contributed by atoms with Crippen molar-refractivity contribution in [3.63, 3.8) is 0 Å². The molecule has 3 nitrogen and oxygen atoms in total. The molecule has 6 heteroatoms. The molecule has 1 heterocycles. The molecule has 0 saturated heterocycles. The second-order valence-electron chi connectivity index (χ2n) is 4.56. The maximum atomic E-state index is 13.7. The lowest BCUT2D eigenvalue weighted by atomic mass is 9.95. The summed E-state index contributed by atoms with van der Waals surface area (Å²) in [6, 6.07) is 5.22. The zero-order chi connectivity index (χ0) is 12.8. The van der Waals surface area contributed by atoms with Crippen molar-refractivity contribution in [3.8, 4) is 0 Å². The average molecular weight is 253 g/mol. The fourth-order valence-electron chi connectivity index (χ4n) is 2.27. The van der Waals surface area contributed by atoms with Gasteiger partial charge in [0.2, 0.25) is 0 Å². The van der Waals surface area contributed by atoms with Crippen LogP contribution in [0.2, 0.25) is 0 Å². The summed E-state index contributed by atoms with van der Waals surface area (Å²) in [5, 5.41) is 3.85. The third kappa shape index (κ3) is 1.60. The molecule has 0 radical (unpaired) electrons. The van der Waals surface area contributed by atoms with Crippen LogP contribution < -0.4 is 0 Å². The molecule has 1 unspecified atom stereocenters. The third-order valence-electron chi connectivity index (χ3n) is 3.39. The summed E-state index contributed by atoms with van der Waals surface area (Å²) >= 11 is 0. The second-order valence-corrected chi connectivity index (χ2v) is 4.56. The Labute approximate surface area is 101 Å². The molecule has 0 N–H and O–H groups in total. The van der Waals surface area contributed by atoms with Crippen LogP contribution in [0.4, 0.5) is 13.2 Å².